The average molecular weight is 239 g/mol. The van der Waals surface area contributed by atoms with E-state index in [2.05, 4.69) is 9.80 Å². The number of nitrogens with two attached hydrogens (primary N) is 1. The molecule has 1 atom stereocenters. The summed E-state index contributed by atoms with van der Waals surface area (Å²) in [6.45, 7) is 5.61. The molecule has 0 radical (unpaired) electrons. The molecule has 98 valence electrons. The van der Waals surface area contributed by atoms with Crippen molar-refractivity contribution in [3.05, 3.63) is 0 Å². The number of nitrogens with zero attached hydrogens (tertiary/aromatic N) is 2. The number of rotatable bonds is 4. The van der Waals surface area contributed by atoms with Gasteiger partial charge in [0.25, 0.3) is 0 Å². The first kappa shape index (κ1) is 12.8. The van der Waals surface area contributed by atoms with Crippen molar-refractivity contribution in [3.8, 4) is 0 Å². The number of amides is 1. The minimum absolute atomic E-state index is 0.00598. The van der Waals surface area contributed by atoms with Gasteiger partial charge in [-0.05, 0) is 45.3 Å². The Bertz CT molecular complexity index is 251. The molecule has 2 fully saturated rings. The van der Waals surface area contributed by atoms with Crippen molar-refractivity contribution in [2.24, 2.45) is 5.73 Å². The van der Waals surface area contributed by atoms with Crippen LogP contribution < -0.4 is 5.73 Å². The largest absolute Gasteiger partial charge is 0.368 e. The summed E-state index contributed by atoms with van der Waals surface area (Å²) in [7, 11) is 0. The van der Waals surface area contributed by atoms with E-state index in [0.29, 0.717) is 0 Å². The zero-order chi connectivity index (χ0) is 12.1. The monoisotopic (exact) mass is 239 g/mol. The van der Waals surface area contributed by atoms with Gasteiger partial charge in [0.2, 0.25) is 5.91 Å². The number of hydrogen-bond acceptors (Lipinski definition) is 3. The van der Waals surface area contributed by atoms with Crippen molar-refractivity contribution in [1.82, 2.24) is 9.80 Å². The molecule has 0 aromatic carbocycles. The third kappa shape index (κ3) is 3.68. The fourth-order valence-corrected chi connectivity index (χ4v) is 3.03. The van der Waals surface area contributed by atoms with Gasteiger partial charge in [-0.15, -0.1) is 0 Å². The van der Waals surface area contributed by atoms with Gasteiger partial charge in [-0.3, -0.25) is 9.69 Å². The predicted molar refractivity (Wildman–Crippen MR) is 68.7 cm³/mol. The first-order valence-corrected chi connectivity index (χ1v) is 7.03. The minimum Gasteiger partial charge on any atom is -0.368 e. The highest BCUT2D eigenvalue weighted by Crippen LogP contribution is 2.17. The van der Waals surface area contributed by atoms with Crippen LogP contribution in [-0.2, 0) is 4.79 Å². The zero-order valence-corrected chi connectivity index (χ0v) is 10.7. The molecule has 4 nitrogen and oxygen atoms in total. The number of primary amides is 1. The van der Waals surface area contributed by atoms with Gasteiger partial charge in [-0.1, -0.05) is 12.8 Å². The molecule has 0 aromatic rings. The number of hydrogen-bond donors (Lipinski definition) is 1. The van der Waals surface area contributed by atoms with Crippen LogP contribution in [-0.4, -0.2) is 54.5 Å². The molecule has 0 saturated carbocycles. The van der Waals surface area contributed by atoms with Crippen LogP contribution in [0.5, 0.6) is 0 Å². The molecule has 2 aliphatic heterocycles. The van der Waals surface area contributed by atoms with E-state index < -0.39 is 0 Å². The standard InChI is InChI=1S/C13H25N3O/c14-13(17)12-6-2-5-9-16(12)11-10-15-7-3-1-4-8-15/h12H,1-11H2,(H2,14,17). The number of likely N-dealkylation sites (tertiary alicyclic amines) is 2. The Labute approximate surface area is 104 Å². The van der Waals surface area contributed by atoms with Crippen LogP contribution in [0, 0.1) is 0 Å². The Hall–Kier alpha value is -0.610. The molecule has 1 unspecified atom stereocenters. The molecule has 0 aromatic heterocycles. The van der Waals surface area contributed by atoms with E-state index in [-0.39, 0.29) is 11.9 Å². The van der Waals surface area contributed by atoms with E-state index in [0.717, 1.165) is 32.5 Å². The second-order valence-corrected chi connectivity index (χ2v) is 5.35. The van der Waals surface area contributed by atoms with Crippen molar-refractivity contribution in [2.75, 3.05) is 32.7 Å². The van der Waals surface area contributed by atoms with Gasteiger partial charge < -0.3 is 10.6 Å². The summed E-state index contributed by atoms with van der Waals surface area (Å²) in [5.74, 6) is -0.136. The fourth-order valence-electron chi connectivity index (χ4n) is 3.03. The normalized spacial score (nSPS) is 28.1. The van der Waals surface area contributed by atoms with Crippen LogP contribution in [0.15, 0.2) is 0 Å². The Kier molecular flexibility index (Phi) is 4.80. The summed E-state index contributed by atoms with van der Waals surface area (Å²) in [5.41, 5.74) is 5.47. The third-order valence-electron chi connectivity index (χ3n) is 4.09. The van der Waals surface area contributed by atoms with Gasteiger partial charge in [-0.2, -0.15) is 0 Å². The quantitative estimate of drug-likeness (QED) is 0.790. The Morgan fingerprint density at radius 2 is 1.71 bits per heavy atom. The van der Waals surface area contributed by atoms with Crippen molar-refractivity contribution >= 4 is 5.91 Å². The topological polar surface area (TPSA) is 49.6 Å². The molecule has 2 N–H and O–H groups in total. The molecular weight excluding hydrogens is 214 g/mol. The maximum atomic E-state index is 11.4. The summed E-state index contributed by atoms with van der Waals surface area (Å²) < 4.78 is 0. The third-order valence-corrected chi connectivity index (χ3v) is 4.09. The molecule has 0 spiro atoms. The highest BCUT2D eigenvalue weighted by Gasteiger charge is 2.26. The van der Waals surface area contributed by atoms with E-state index in [4.69, 9.17) is 5.73 Å². The van der Waals surface area contributed by atoms with Gasteiger partial charge in [0.15, 0.2) is 0 Å². The summed E-state index contributed by atoms with van der Waals surface area (Å²) in [6.07, 6.45) is 7.36. The van der Waals surface area contributed by atoms with Gasteiger partial charge in [-0.25, -0.2) is 0 Å². The van der Waals surface area contributed by atoms with Crippen LogP contribution in [0.25, 0.3) is 0 Å². The lowest BCUT2D eigenvalue weighted by molar-refractivity contribution is -0.124. The fraction of sp³-hybridized carbons (Fsp3) is 0.923. The Morgan fingerprint density at radius 3 is 2.41 bits per heavy atom. The highest BCUT2D eigenvalue weighted by molar-refractivity contribution is 5.79. The molecule has 2 saturated heterocycles. The minimum atomic E-state index is -0.136. The lowest BCUT2D eigenvalue weighted by atomic mass is 10.0. The van der Waals surface area contributed by atoms with Crippen LogP contribution in [0.3, 0.4) is 0 Å². The van der Waals surface area contributed by atoms with E-state index in [1.54, 1.807) is 0 Å². The Balaban J connectivity index is 1.77. The molecule has 2 aliphatic rings. The lowest BCUT2D eigenvalue weighted by Crippen LogP contribution is -2.50. The van der Waals surface area contributed by atoms with E-state index in [9.17, 15) is 4.79 Å². The zero-order valence-electron chi connectivity index (χ0n) is 10.7. The molecule has 0 bridgehead atoms. The molecular formula is C13H25N3O. The van der Waals surface area contributed by atoms with Gasteiger partial charge in [0.05, 0.1) is 6.04 Å². The Morgan fingerprint density at radius 1 is 1.00 bits per heavy atom. The van der Waals surface area contributed by atoms with Crippen molar-refractivity contribution in [1.29, 1.82) is 0 Å². The summed E-state index contributed by atoms with van der Waals surface area (Å²) >= 11 is 0. The van der Waals surface area contributed by atoms with Crippen molar-refractivity contribution in [2.45, 2.75) is 44.6 Å². The number of carbonyl (C=O) groups excluding carboxylic acids is 1. The van der Waals surface area contributed by atoms with Crippen LogP contribution in [0.1, 0.15) is 38.5 Å². The smallest absolute Gasteiger partial charge is 0.234 e. The van der Waals surface area contributed by atoms with Gasteiger partial charge in [0.1, 0.15) is 0 Å². The maximum Gasteiger partial charge on any atom is 0.234 e. The second-order valence-electron chi connectivity index (χ2n) is 5.35. The van der Waals surface area contributed by atoms with E-state index in [1.807, 2.05) is 0 Å². The van der Waals surface area contributed by atoms with Crippen molar-refractivity contribution < 1.29 is 4.79 Å². The first-order chi connectivity index (χ1) is 8.27. The highest BCUT2D eigenvalue weighted by atomic mass is 16.1. The van der Waals surface area contributed by atoms with Crippen LogP contribution in [0.2, 0.25) is 0 Å². The molecule has 0 aliphatic carbocycles. The SMILES string of the molecule is NC(=O)C1CCCCN1CCN1CCCCC1. The number of piperidine rings is 2. The predicted octanol–water partition coefficient (Wildman–Crippen LogP) is 0.812. The van der Waals surface area contributed by atoms with Crippen LogP contribution >= 0.6 is 0 Å². The van der Waals surface area contributed by atoms with Gasteiger partial charge in [0, 0.05) is 13.1 Å². The first-order valence-electron chi connectivity index (χ1n) is 7.03. The lowest BCUT2D eigenvalue weighted by Gasteiger charge is -2.36. The summed E-state index contributed by atoms with van der Waals surface area (Å²) in [4.78, 5) is 16.2. The maximum absolute atomic E-state index is 11.4. The molecule has 2 heterocycles. The molecule has 17 heavy (non-hydrogen) atoms. The molecule has 2 rings (SSSR count). The average Bonchev–Trinajstić information content (AvgIpc) is 2.38. The molecule has 1 amide bonds. The number of carbonyl (C=O) groups is 1. The summed E-state index contributed by atoms with van der Waals surface area (Å²) in [6, 6.07) is -0.00598. The molecule has 4 heteroatoms. The van der Waals surface area contributed by atoms with Crippen molar-refractivity contribution in [3.63, 3.8) is 0 Å². The van der Waals surface area contributed by atoms with Gasteiger partial charge >= 0.3 is 0 Å². The second kappa shape index (κ2) is 6.36. The van der Waals surface area contributed by atoms with E-state index in [1.165, 1.54) is 38.8 Å². The summed E-state index contributed by atoms with van der Waals surface area (Å²) in [5, 5.41) is 0. The van der Waals surface area contributed by atoms with E-state index >= 15 is 0 Å². The van der Waals surface area contributed by atoms with Crippen LogP contribution in [0.4, 0.5) is 0 Å².